The largest absolute Gasteiger partial charge is 0.494 e. The number of fused-ring (bicyclic) bond motifs is 1. The summed E-state index contributed by atoms with van der Waals surface area (Å²) in [6.07, 6.45) is 1.89. The number of amides is 1. The summed E-state index contributed by atoms with van der Waals surface area (Å²) >= 11 is 1.59. The number of unbranched alkanes of at least 4 members (excludes halogenated alkanes) is 1. The molecule has 1 heterocycles. The van der Waals surface area contributed by atoms with Crippen molar-refractivity contribution in [3.05, 3.63) is 84.2 Å². The van der Waals surface area contributed by atoms with Gasteiger partial charge in [-0.15, -0.1) is 24.2 Å². The Balaban J connectivity index is 0.00000342. The second kappa shape index (κ2) is 13.4. The highest BCUT2D eigenvalue weighted by atomic mass is 35.5. The molecule has 0 aromatic heterocycles. The number of carbonyl (C=O) groups is 1. The third-order valence-corrected chi connectivity index (χ3v) is 6.91. The minimum Gasteiger partial charge on any atom is -0.494 e. The zero-order valence-corrected chi connectivity index (χ0v) is 21.2. The number of ether oxygens (including phenoxy) is 2. The second-order valence-corrected chi connectivity index (χ2v) is 9.16. The Kier molecular flexibility index (Phi) is 10.3. The first kappa shape index (κ1) is 26.9. The quantitative estimate of drug-likeness (QED) is 0.322. The number of rotatable bonds is 11. The molecule has 0 radical (unpaired) electrons. The van der Waals surface area contributed by atoms with Crippen LogP contribution in [0.5, 0.6) is 11.5 Å². The third-order valence-electron chi connectivity index (χ3n) is 5.60. The number of thioether (sulfide) groups is 1. The van der Waals surface area contributed by atoms with Crippen molar-refractivity contribution in [2.45, 2.75) is 23.0 Å². The van der Waals surface area contributed by atoms with Gasteiger partial charge in [0.15, 0.2) is 11.6 Å². The molecule has 3 aromatic rings. The van der Waals surface area contributed by atoms with Crippen molar-refractivity contribution in [2.75, 3.05) is 38.3 Å². The highest BCUT2D eigenvalue weighted by molar-refractivity contribution is 8.00. The highest BCUT2D eigenvalue weighted by Gasteiger charge is 2.32. The molecule has 0 saturated heterocycles. The maximum atomic E-state index is 13.5. The summed E-state index contributed by atoms with van der Waals surface area (Å²) in [5.41, 5.74) is 1.94. The zero-order chi connectivity index (χ0) is 23.8. The minimum absolute atomic E-state index is 0. The van der Waals surface area contributed by atoms with Crippen LogP contribution in [0.25, 0.3) is 0 Å². The summed E-state index contributed by atoms with van der Waals surface area (Å²) in [6.45, 7) is 2.56. The molecule has 1 atom stereocenters. The van der Waals surface area contributed by atoms with Crippen LogP contribution in [-0.4, -0.2) is 39.3 Å². The van der Waals surface area contributed by atoms with Crippen LogP contribution in [0.1, 0.15) is 23.7 Å². The molecule has 0 saturated carbocycles. The number of nitrogens with zero attached hydrogens (tertiary/aromatic N) is 1. The molecule has 1 amide bonds. The Morgan fingerprint density at radius 3 is 2.46 bits per heavy atom. The standard InChI is InChI=1S/C27H29FN2O3S.ClH/c1-30-23-9-3-5-11-25(23)34-26(27(30)31)20-12-14-21(15-13-20)32-18-7-6-16-29-17-19-33-24-10-4-2-8-22(24)28;/h2-5,8-15,26,29H,6-7,16-19H2,1H3;1H. The predicted octanol–water partition coefficient (Wildman–Crippen LogP) is 5.88. The lowest BCUT2D eigenvalue weighted by Gasteiger charge is -2.31. The topological polar surface area (TPSA) is 50.8 Å². The van der Waals surface area contributed by atoms with Gasteiger partial charge in [-0.2, -0.15) is 0 Å². The van der Waals surface area contributed by atoms with Crippen molar-refractivity contribution >= 4 is 35.8 Å². The van der Waals surface area contributed by atoms with Gasteiger partial charge >= 0.3 is 0 Å². The SMILES string of the molecule is CN1C(=O)C(c2ccc(OCCCCNCCOc3ccccc3F)cc2)Sc2ccccc21.Cl. The Morgan fingerprint density at radius 1 is 0.914 bits per heavy atom. The van der Waals surface area contributed by atoms with Crippen molar-refractivity contribution in [3.8, 4) is 11.5 Å². The van der Waals surface area contributed by atoms with E-state index < -0.39 is 0 Å². The summed E-state index contributed by atoms with van der Waals surface area (Å²) in [6, 6.07) is 22.2. The number of halogens is 2. The van der Waals surface area contributed by atoms with Gasteiger partial charge in [-0.3, -0.25) is 4.79 Å². The van der Waals surface area contributed by atoms with Gasteiger partial charge in [-0.05, 0) is 61.3 Å². The molecule has 4 rings (SSSR count). The molecule has 0 fully saturated rings. The van der Waals surface area contributed by atoms with Crippen LogP contribution in [0.3, 0.4) is 0 Å². The van der Waals surface area contributed by atoms with E-state index in [4.69, 9.17) is 9.47 Å². The normalized spacial score (nSPS) is 14.7. The number of likely N-dealkylation sites (N-methyl/N-ethyl adjacent to an activating group) is 1. The molecule has 1 N–H and O–H groups in total. The average Bonchev–Trinajstić information content (AvgIpc) is 2.86. The van der Waals surface area contributed by atoms with Gasteiger partial charge in [-0.25, -0.2) is 4.39 Å². The van der Waals surface area contributed by atoms with Crippen molar-refractivity contribution in [1.29, 1.82) is 0 Å². The smallest absolute Gasteiger partial charge is 0.244 e. The van der Waals surface area contributed by atoms with E-state index in [1.54, 1.807) is 34.9 Å². The molecule has 186 valence electrons. The maximum Gasteiger partial charge on any atom is 0.244 e. The number of benzene rings is 3. The van der Waals surface area contributed by atoms with Crippen LogP contribution in [-0.2, 0) is 4.79 Å². The first-order valence-corrected chi connectivity index (χ1v) is 12.4. The van der Waals surface area contributed by atoms with Crippen LogP contribution in [0, 0.1) is 5.82 Å². The minimum atomic E-state index is -0.338. The summed E-state index contributed by atoms with van der Waals surface area (Å²) < 4.78 is 24.7. The molecule has 1 aliphatic rings. The fourth-order valence-corrected chi connectivity index (χ4v) is 5.01. The van der Waals surface area contributed by atoms with Crippen molar-refractivity contribution in [1.82, 2.24) is 5.32 Å². The Hall–Kier alpha value is -2.74. The third kappa shape index (κ3) is 7.13. The molecule has 1 unspecified atom stereocenters. The number of carbonyl (C=O) groups excluding carboxylic acids is 1. The van der Waals surface area contributed by atoms with Gasteiger partial charge in [-0.1, -0.05) is 36.4 Å². The van der Waals surface area contributed by atoms with Gasteiger partial charge in [0.2, 0.25) is 5.91 Å². The zero-order valence-electron chi connectivity index (χ0n) is 19.6. The lowest BCUT2D eigenvalue weighted by atomic mass is 10.1. The number of nitrogens with one attached hydrogen (secondary N) is 1. The fraction of sp³-hybridized carbons (Fsp3) is 0.296. The first-order chi connectivity index (χ1) is 16.6. The highest BCUT2D eigenvalue weighted by Crippen LogP contribution is 2.45. The molecule has 0 aliphatic carbocycles. The molecule has 1 aliphatic heterocycles. The lowest BCUT2D eigenvalue weighted by Crippen LogP contribution is -2.33. The van der Waals surface area contributed by atoms with Gasteiger partial charge < -0.3 is 19.7 Å². The monoisotopic (exact) mass is 516 g/mol. The van der Waals surface area contributed by atoms with Crippen LogP contribution >= 0.6 is 24.2 Å². The van der Waals surface area contributed by atoms with Crippen molar-refractivity contribution in [3.63, 3.8) is 0 Å². The lowest BCUT2D eigenvalue weighted by molar-refractivity contribution is -0.118. The number of hydrogen-bond acceptors (Lipinski definition) is 5. The summed E-state index contributed by atoms with van der Waals surface area (Å²) in [5, 5.41) is 3.04. The van der Waals surface area contributed by atoms with E-state index in [0.717, 1.165) is 41.3 Å². The van der Waals surface area contributed by atoms with E-state index in [-0.39, 0.29) is 35.1 Å². The van der Waals surface area contributed by atoms with Crippen LogP contribution < -0.4 is 19.7 Å². The van der Waals surface area contributed by atoms with Crippen LogP contribution in [0.2, 0.25) is 0 Å². The molecular weight excluding hydrogens is 487 g/mol. The van der Waals surface area contributed by atoms with Gasteiger partial charge in [0.1, 0.15) is 17.6 Å². The Morgan fingerprint density at radius 2 is 1.66 bits per heavy atom. The molecule has 35 heavy (non-hydrogen) atoms. The second-order valence-electron chi connectivity index (χ2n) is 8.02. The number of para-hydroxylation sites is 2. The van der Waals surface area contributed by atoms with E-state index in [1.807, 2.05) is 49.5 Å². The Bertz CT molecular complexity index is 1100. The van der Waals surface area contributed by atoms with Gasteiger partial charge in [0.25, 0.3) is 0 Å². The fourth-order valence-electron chi connectivity index (χ4n) is 3.72. The average molecular weight is 517 g/mol. The number of anilines is 1. The van der Waals surface area contributed by atoms with Crippen LogP contribution in [0.4, 0.5) is 10.1 Å². The van der Waals surface area contributed by atoms with Crippen molar-refractivity contribution < 1.29 is 18.7 Å². The summed E-state index contributed by atoms with van der Waals surface area (Å²) in [7, 11) is 1.83. The molecular formula is C27H30ClFN2O3S. The number of hydrogen-bond donors (Lipinski definition) is 1. The summed E-state index contributed by atoms with van der Waals surface area (Å²) in [5.74, 6) is 0.836. The van der Waals surface area contributed by atoms with Crippen molar-refractivity contribution in [2.24, 2.45) is 0 Å². The van der Waals surface area contributed by atoms with E-state index in [2.05, 4.69) is 11.4 Å². The van der Waals surface area contributed by atoms with E-state index in [0.29, 0.717) is 19.8 Å². The van der Waals surface area contributed by atoms with E-state index >= 15 is 0 Å². The molecule has 0 bridgehead atoms. The van der Waals surface area contributed by atoms with Crippen LogP contribution in [0.15, 0.2) is 77.7 Å². The first-order valence-electron chi connectivity index (χ1n) is 11.5. The van der Waals surface area contributed by atoms with Gasteiger partial charge in [0, 0.05) is 18.5 Å². The molecule has 0 spiro atoms. The maximum absolute atomic E-state index is 13.5. The van der Waals surface area contributed by atoms with E-state index in [1.165, 1.54) is 6.07 Å². The van der Waals surface area contributed by atoms with E-state index in [9.17, 15) is 9.18 Å². The molecule has 3 aromatic carbocycles. The predicted molar refractivity (Wildman–Crippen MR) is 142 cm³/mol. The summed E-state index contributed by atoms with van der Waals surface area (Å²) in [4.78, 5) is 15.7. The molecule has 5 nitrogen and oxygen atoms in total. The Labute approximate surface area is 216 Å². The van der Waals surface area contributed by atoms with Gasteiger partial charge in [0.05, 0.1) is 12.3 Å². The molecule has 8 heteroatoms.